The Bertz CT molecular complexity index is 210. The van der Waals surface area contributed by atoms with Crippen LogP contribution in [0.3, 0.4) is 0 Å². The predicted octanol–water partition coefficient (Wildman–Crippen LogP) is 2.48. The van der Waals surface area contributed by atoms with Gasteiger partial charge in [-0.15, -0.1) is 4.48 Å². The van der Waals surface area contributed by atoms with Crippen molar-refractivity contribution in [2.24, 2.45) is 0 Å². The maximum Gasteiger partial charge on any atom is 0.0346 e. The topological polar surface area (TPSA) is 12.0 Å². The van der Waals surface area contributed by atoms with Gasteiger partial charge in [-0.3, -0.25) is 0 Å². The molecule has 1 nitrogen and oxygen atoms in total. The molecule has 66 valence electrons. The Morgan fingerprint density at radius 2 is 2.00 bits per heavy atom. The highest BCUT2D eigenvalue weighted by atomic mass is 19.2. The molecule has 1 N–H and O–H groups in total. The highest BCUT2D eigenvalue weighted by Gasteiger charge is 1.99. The van der Waals surface area contributed by atoms with Crippen molar-refractivity contribution in [2.45, 2.75) is 25.8 Å². The molecule has 2 heteroatoms. The van der Waals surface area contributed by atoms with E-state index in [1.54, 1.807) is 5.54 Å². The second kappa shape index (κ2) is 4.88. The van der Waals surface area contributed by atoms with E-state index in [1.165, 1.54) is 5.56 Å². The van der Waals surface area contributed by atoms with Gasteiger partial charge in [0, 0.05) is 6.04 Å². The quantitative estimate of drug-likeness (QED) is 0.679. The van der Waals surface area contributed by atoms with E-state index in [0.29, 0.717) is 0 Å². The number of aryl methyl sites for hydroxylation is 1. The molecule has 1 aromatic carbocycles. The average molecular weight is 167 g/mol. The minimum atomic E-state index is -0.0507. The molecule has 0 aromatic heterocycles. The third-order valence-electron chi connectivity index (χ3n) is 1.90. The van der Waals surface area contributed by atoms with Crippen LogP contribution in [0.1, 0.15) is 18.9 Å². The summed E-state index contributed by atoms with van der Waals surface area (Å²) in [6, 6.07) is 10.1. The Hall–Kier alpha value is -0.890. The van der Waals surface area contributed by atoms with E-state index in [-0.39, 0.29) is 6.04 Å². The van der Waals surface area contributed by atoms with Crippen molar-refractivity contribution < 1.29 is 4.48 Å². The highest BCUT2D eigenvalue weighted by molar-refractivity contribution is 5.14. The summed E-state index contributed by atoms with van der Waals surface area (Å²) < 4.78 is 11.8. The zero-order chi connectivity index (χ0) is 8.81. The van der Waals surface area contributed by atoms with Crippen LogP contribution in [-0.4, -0.2) is 6.04 Å². The van der Waals surface area contributed by atoms with Crippen LogP contribution in [0.4, 0.5) is 4.48 Å². The van der Waals surface area contributed by atoms with E-state index in [1.807, 2.05) is 25.1 Å². The van der Waals surface area contributed by atoms with Crippen molar-refractivity contribution in [3.05, 3.63) is 35.9 Å². The van der Waals surface area contributed by atoms with Crippen LogP contribution >= 0.6 is 0 Å². The molecular formula is C10H14FN. The Morgan fingerprint density at radius 3 is 2.58 bits per heavy atom. The summed E-state index contributed by atoms with van der Waals surface area (Å²) in [7, 11) is 0. The fourth-order valence-electron chi connectivity index (χ4n) is 1.08. The lowest BCUT2D eigenvalue weighted by molar-refractivity contribution is 0.273. The molecular weight excluding hydrogens is 153 g/mol. The van der Waals surface area contributed by atoms with Crippen molar-refractivity contribution in [1.29, 1.82) is 0 Å². The molecule has 0 saturated carbocycles. The summed E-state index contributed by atoms with van der Waals surface area (Å²) in [5, 5.41) is 0. The van der Waals surface area contributed by atoms with Crippen LogP contribution in [0.15, 0.2) is 30.3 Å². The molecule has 1 aromatic rings. The summed E-state index contributed by atoms with van der Waals surface area (Å²) >= 11 is 0. The van der Waals surface area contributed by atoms with Crippen molar-refractivity contribution in [1.82, 2.24) is 5.54 Å². The van der Waals surface area contributed by atoms with Crippen LogP contribution in [0.5, 0.6) is 0 Å². The summed E-state index contributed by atoms with van der Waals surface area (Å²) in [5.74, 6) is 0. The fraction of sp³-hybridized carbons (Fsp3) is 0.400. The molecule has 0 bridgehead atoms. The third-order valence-corrected chi connectivity index (χ3v) is 1.90. The molecule has 0 aliphatic carbocycles. The third kappa shape index (κ3) is 3.01. The smallest absolute Gasteiger partial charge is 0.0346 e. The van der Waals surface area contributed by atoms with Gasteiger partial charge < -0.3 is 0 Å². The van der Waals surface area contributed by atoms with Gasteiger partial charge >= 0.3 is 0 Å². The second-order valence-corrected chi connectivity index (χ2v) is 3.03. The van der Waals surface area contributed by atoms with E-state index in [9.17, 15) is 4.48 Å². The molecule has 1 atom stereocenters. The molecule has 0 spiro atoms. The van der Waals surface area contributed by atoms with Crippen LogP contribution < -0.4 is 5.54 Å². The molecule has 0 saturated heterocycles. The first-order chi connectivity index (χ1) is 5.83. The first kappa shape index (κ1) is 9.20. The van der Waals surface area contributed by atoms with E-state index < -0.39 is 0 Å². The molecule has 0 radical (unpaired) electrons. The Morgan fingerprint density at radius 1 is 1.33 bits per heavy atom. The normalized spacial score (nSPS) is 12.8. The molecule has 0 heterocycles. The van der Waals surface area contributed by atoms with Crippen molar-refractivity contribution >= 4 is 0 Å². The van der Waals surface area contributed by atoms with Crippen molar-refractivity contribution in [2.75, 3.05) is 0 Å². The van der Waals surface area contributed by atoms with Gasteiger partial charge in [0.05, 0.1) is 0 Å². The van der Waals surface area contributed by atoms with Crippen molar-refractivity contribution in [3.63, 3.8) is 0 Å². The van der Waals surface area contributed by atoms with Gasteiger partial charge in [-0.05, 0) is 25.3 Å². The Balaban J connectivity index is 2.33. The number of benzene rings is 1. The largest absolute Gasteiger partial charge is 0.157 e. The van der Waals surface area contributed by atoms with Gasteiger partial charge in [0.2, 0.25) is 0 Å². The molecule has 1 rings (SSSR count). The second-order valence-electron chi connectivity index (χ2n) is 3.03. The zero-order valence-corrected chi connectivity index (χ0v) is 7.26. The van der Waals surface area contributed by atoms with Gasteiger partial charge in [-0.2, -0.15) is 5.54 Å². The van der Waals surface area contributed by atoms with Crippen molar-refractivity contribution in [3.8, 4) is 0 Å². The Labute approximate surface area is 72.5 Å². The first-order valence-electron chi connectivity index (χ1n) is 4.23. The van der Waals surface area contributed by atoms with Crippen LogP contribution in [0.25, 0.3) is 0 Å². The lowest BCUT2D eigenvalue weighted by Crippen LogP contribution is -2.17. The molecule has 0 amide bonds. The number of rotatable bonds is 4. The molecule has 0 aliphatic heterocycles. The monoisotopic (exact) mass is 167 g/mol. The zero-order valence-electron chi connectivity index (χ0n) is 7.26. The Kier molecular flexibility index (Phi) is 3.74. The van der Waals surface area contributed by atoms with Gasteiger partial charge in [0.1, 0.15) is 0 Å². The van der Waals surface area contributed by atoms with E-state index in [4.69, 9.17) is 0 Å². The maximum atomic E-state index is 11.8. The summed E-state index contributed by atoms with van der Waals surface area (Å²) in [6.45, 7) is 1.84. The van der Waals surface area contributed by atoms with Crippen LogP contribution in [0, 0.1) is 0 Å². The minimum absolute atomic E-state index is 0.0507. The molecule has 0 aliphatic rings. The van der Waals surface area contributed by atoms with Gasteiger partial charge in [-0.25, -0.2) is 0 Å². The summed E-state index contributed by atoms with van der Waals surface area (Å²) in [5.41, 5.74) is 3.00. The minimum Gasteiger partial charge on any atom is -0.157 e. The van der Waals surface area contributed by atoms with E-state index in [0.717, 1.165) is 12.8 Å². The summed E-state index contributed by atoms with van der Waals surface area (Å²) in [4.78, 5) is 0. The highest BCUT2D eigenvalue weighted by Crippen LogP contribution is 2.04. The molecule has 12 heavy (non-hydrogen) atoms. The number of hydrogen-bond acceptors (Lipinski definition) is 1. The van der Waals surface area contributed by atoms with Gasteiger partial charge in [0.25, 0.3) is 0 Å². The van der Waals surface area contributed by atoms with E-state index in [2.05, 4.69) is 12.1 Å². The molecule has 1 unspecified atom stereocenters. The van der Waals surface area contributed by atoms with Gasteiger partial charge in [0.15, 0.2) is 0 Å². The predicted molar refractivity (Wildman–Crippen MR) is 48.5 cm³/mol. The number of hydrogen-bond donors (Lipinski definition) is 1. The van der Waals surface area contributed by atoms with Crippen LogP contribution in [0.2, 0.25) is 0 Å². The molecule has 0 fully saturated rings. The average Bonchev–Trinajstić information content (AvgIpc) is 2.16. The lowest BCUT2D eigenvalue weighted by Gasteiger charge is -2.06. The first-order valence-corrected chi connectivity index (χ1v) is 4.23. The SMILES string of the molecule is CC(CCc1ccccc1)NF. The standard InChI is InChI=1S/C10H14FN/c1-9(12-11)7-8-10-5-3-2-4-6-10/h2-6,9,12H,7-8H2,1H3. The maximum absolute atomic E-state index is 11.8. The summed E-state index contributed by atoms with van der Waals surface area (Å²) in [6.07, 6.45) is 1.76. The fourth-order valence-corrected chi connectivity index (χ4v) is 1.08. The van der Waals surface area contributed by atoms with Crippen LogP contribution in [-0.2, 0) is 6.42 Å². The lowest BCUT2D eigenvalue weighted by atomic mass is 10.1. The number of halogens is 1. The van der Waals surface area contributed by atoms with Gasteiger partial charge in [-0.1, -0.05) is 30.3 Å². The van der Waals surface area contributed by atoms with E-state index >= 15 is 0 Å². The number of nitrogens with one attached hydrogen (secondary N) is 1.